The average molecular weight is 730 g/mol. The van der Waals surface area contributed by atoms with Gasteiger partial charge in [0.1, 0.15) is 17.4 Å². The van der Waals surface area contributed by atoms with Gasteiger partial charge in [-0.25, -0.2) is 19.2 Å². The van der Waals surface area contributed by atoms with E-state index in [9.17, 15) is 32.3 Å². The lowest BCUT2D eigenvalue weighted by Gasteiger charge is -2.40. The number of anilines is 2. The van der Waals surface area contributed by atoms with E-state index in [1.54, 1.807) is 4.90 Å². The van der Waals surface area contributed by atoms with E-state index in [0.29, 0.717) is 37.4 Å². The minimum absolute atomic E-state index is 0.0360. The summed E-state index contributed by atoms with van der Waals surface area (Å²) in [7, 11) is 0. The number of piperidine rings is 1. The Morgan fingerprint density at radius 2 is 1.85 bits per heavy atom. The van der Waals surface area contributed by atoms with E-state index in [0.717, 1.165) is 76.2 Å². The van der Waals surface area contributed by atoms with Crippen molar-refractivity contribution in [2.24, 2.45) is 17.8 Å². The molecule has 5 fully saturated rings. The number of nitrogens with one attached hydrogen (secondary N) is 1. The summed E-state index contributed by atoms with van der Waals surface area (Å²) in [5.74, 6) is -1.80. The quantitative estimate of drug-likeness (QED) is 0.296. The van der Waals surface area contributed by atoms with Gasteiger partial charge in [0.25, 0.3) is 5.91 Å². The number of benzene rings is 1. The van der Waals surface area contributed by atoms with Gasteiger partial charge in [0.15, 0.2) is 11.4 Å². The van der Waals surface area contributed by atoms with Crippen molar-refractivity contribution in [1.82, 2.24) is 20.2 Å². The first-order valence-corrected chi connectivity index (χ1v) is 18.8. The molecule has 1 amide bonds. The predicted octanol–water partition coefficient (Wildman–Crippen LogP) is 6.44. The molecule has 0 radical (unpaired) electrons. The SMILES string of the molecule is CC1CC2CC(C1)C(NC(=O)c1cnc(N3CC4(CCCCC4)c4cc(OC5CCN(CC6(F)COC6)CC5)ccc43)nc1C(F)(F)F)(C(=O)O)C2. The van der Waals surface area contributed by atoms with Gasteiger partial charge in [-0.1, -0.05) is 26.2 Å². The summed E-state index contributed by atoms with van der Waals surface area (Å²) in [5.41, 5.74) is -3.67. The fraction of sp³-hybridized carbons (Fsp3) is 0.684. The number of hydrogen-bond acceptors (Lipinski definition) is 8. The van der Waals surface area contributed by atoms with Crippen molar-refractivity contribution in [3.63, 3.8) is 0 Å². The largest absolute Gasteiger partial charge is 0.490 e. The Bertz CT molecular complexity index is 1710. The van der Waals surface area contributed by atoms with Crippen molar-refractivity contribution >= 4 is 23.5 Å². The Morgan fingerprint density at radius 3 is 2.52 bits per heavy atom. The zero-order valence-electron chi connectivity index (χ0n) is 29.5. The molecule has 3 saturated carbocycles. The van der Waals surface area contributed by atoms with Gasteiger partial charge >= 0.3 is 12.1 Å². The van der Waals surface area contributed by atoms with Crippen LogP contribution >= 0.6 is 0 Å². The number of fused-ring (bicyclic) bond motifs is 4. The highest BCUT2D eigenvalue weighted by Gasteiger charge is 2.57. The van der Waals surface area contributed by atoms with Gasteiger partial charge in [0.05, 0.1) is 18.8 Å². The molecule has 8 rings (SSSR count). The number of carbonyl (C=O) groups is 2. The van der Waals surface area contributed by atoms with E-state index in [4.69, 9.17) is 9.47 Å². The van der Waals surface area contributed by atoms with Gasteiger partial charge in [-0.05, 0) is 92.9 Å². The molecule has 6 aliphatic rings. The van der Waals surface area contributed by atoms with Gasteiger partial charge < -0.3 is 24.8 Å². The van der Waals surface area contributed by atoms with E-state index < -0.39 is 40.5 Å². The number of carbonyl (C=O) groups excluding carboxylic acids is 1. The highest BCUT2D eigenvalue weighted by atomic mass is 19.4. The van der Waals surface area contributed by atoms with Crippen LogP contribution in [0.5, 0.6) is 5.75 Å². The van der Waals surface area contributed by atoms with E-state index >= 15 is 0 Å². The molecule has 1 aromatic carbocycles. The molecule has 4 atom stereocenters. The summed E-state index contributed by atoms with van der Waals surface area (Å²) in [6, 6.07) is 5.71. The predicted molar refractivity (Wildman–Crippen MR) is 182 cm³/mol. The summed E-state index contributed by atoms with van der Waals surface area (Å²) >= 11 is 0. The molecule has 1 aromatic heterocycles. The van der Waals surface area contributed by atoms with Crippen LogP contribution in [-0.2, 0) is 21.1 Å². The Balaban J connectivity index is 1.04. The first-order chi connectivity index (χ1) is 24.8. The Morgan fingerprint density at radius 1 is 1.10 bits per heavy atom. The van der Waals surface area contributed by atoms with Gasteiger partial charge in [-0.3, -0.25) is 9.69 Å². The molecule has 3 aliphatic carbocycles. The lowest BCUT2D eigenvalue weighted by molar-refractivity contribution is -0.146. The molecule has 3 aliphatic heterocycles. The molecule has 52 heavy (non-hydrogen) atoms. The summed E-state index contributed by atoms with van der Waals surface area (Å²) in [5, 5.41) is 12.8. The van der Waals surface area contributed by atoms with Crippen LogP contribution in [0, 0.1) is 17.8 Å². The van der Waals surface area contributed by atoms with Gasteiger partial charge in [-0.15, -0.1) is 0 Å². The maximum absolute atomic E-state index is 14.7. The zero-order valence-corrected chi connectivity index (χ0v) is 29.5. The number of alkyl halides is 4. The molecular weight excluding hydrogens is 682 g/mol. The van der Waals surface area contributed by atoms with Gasteiger partial charge in [0, 0.05) is 43.5 Å². The van der Waals surface area contributed by atoms with Crippen LogP contribution in [0.2, 0.25) is 0 Å². The number of ether oxygens (including phenoxy) is 2. The highest BCUT2D eigenvalue weighted by Crippen LogP contribution is 2.53. The Hall–Kier alpha value is -3.52. The molecule has 14 heteroatoms. The standard InChI is InChI=1S/C38H47F4N5O5/c1-23-13-24-15-25(14-23)37(17-24,33(49)50)45-32(48)28-18-43-34(44-31(28)38(40,41)42)47-19-35(9-3-2-4-10-35)29-16-27(5-6-30(29)47)52-26-7-11-46(12-8-26)20-36(39)21-51-22-36/h5-6,16,18,23-26H,2-4,7-15,17,19-22H2,1H3,(H,45,48)(H,49,50). The molecule has 2 bridgehead atoms. The fourth-order valence-electron chi connectivity index (χ4n) is 10.3. The summed E-state index contributed by atoms with van der Waals surface area (Å²) in [6.07, 6.45) is 4.38. The first kappa shape index (κ1) is 35.5. The summed E-state index contributed by atoms with van der Waals surface area (Å²) in [4.78, 5) is 38.4. The van der Waals surface area contributed by atoms with Crippen LogP contribution in [-0.4, -0.2) is 88.6 Å². The average Bonchev–Trinajstić information content (AvgIpc) is 3.54. The number of nitrogens with zero attached hydrogens (tertiary/aromatic N) is 4. The summed E-state index contributed by atoms with van der Waals surface area (Å²) < 4.78 is 70.2. The molecule has 1 spiro atoms. The molecule has 2 N–H and O–H groups in total. The number of halogens is 4. The number of carboxylic acids is 1. The van der Waals surface area contributed by atoms with Gasteiger partial charge in [-0.2, -0.15) is 13.2 Å². The summed E-state index contributed by atoms with van der Waals surface area (Å²) in [6.45, 7) is 4.54. The van der Waals surface area contributed by atoms with Crippen LogP contribution in [0.15, 0.2) is 24.4 Å². The van der Waals surface area contributed by atoms with E-state index in [2.05, 4.69) is 20.2 Å². The Labute approximate surface area is 300 Å². The van der Waals surface area contributed by atoms with E-state index in [1.165, 1.54) is 0 Å². The first-order valence-electron chi connectivity index (χ1n) is 18.8. The fourth-order valence-corrected chi connectivity index (χ4v) is 10.3. The number of carboxylic acid groups (broad SMARTS) is 1. The van der Waals surface area contributed by atoms with Crippen LogP contribution in [0.4, 0.5) is 29.2 Å². The third kappa shape index (κ3) is 6.41. The maximum Gasteiger partial charge on any atom is 0.434 e. The molecule has 2 saturated heterocycles. The normalized spacial score (nSPS) is 29.8. The van der Waals surface area contributed by atoms with Crippen LogP contribution in [0.25, 0.3) is 0 Å². The molecule has 4 heterocycles. The van der Waals surface area contributed by atoms with E-state index in [1.807, 2.05) is 25.1 Å². The number of aromatic nitrogens is 2. The van der Waals surface area contributed by atoms with Crippen LogP contribution in [0.3, 0.4) is 0 Å². The molecular formula is C38H47F4N5O5. The second-order valence-electron chi connectivity index (χ2n) is 16.6. The van der Waals surface area contributed by atoms with Crippen LogP contribution < -0.4 is 15.0 Å². The third-order valence-corrected chi connectivity index (χ3v) is 12.8. The minimum Gasteiger partial charge on any atom is -0.490 e. The monoisotopic (exact) mass is 729 g/mol. The van der Waals surface area contributed by atoms with Crippen molar-refractivity contribution in [2.45, 2.75) is 106 Å². The third-order valence-electron chi connectivity index (χ3n) is 12.8. The molecule has 2 aromatic rings. The minimum atomic E-state index is -4.99. The molecule has 282 valence electrons. The van der Waals surface area contributed by atoms with E-state index in [-0.39, 0.29) is 54.9 Å². The smallest absolute Gasteiger partial charge is 0.434 e. The number of likely N-dealkylation sites (tertiary alicyclic amines) is 1. The van der Waals surface area contributed by atoms with Gasteiger partial charge in [0.2, 0.25) is 5.95 Å². The zero-order chi connectivity index (χ0) is 36.5. The maximum atomic E-state index is 14.7. The number of aliphatic carboxylic acids is 1. The lowest BCUT2D eigenvalue weighted by atomic mass is 9.71. The van der Waals surface area contributed by atoms with Crippen molar-refractivity contribution < 1.29 is 41.7 Å². The van der Waals surface area contributed by atoms with Crippen molar-refractivity contribution in [2.75, 3.05) is 44.3 Å². The topological polar surface area (TPSA) is 117 Å². The number of amides is 1. The Kier molecular flexibility index (Phi) is 8.95. The lowest BCUT2D eigenvalue weighted by Crippen LogP contribution is -2.57. The number of hydrogen-bond donors (Lipinski definition) is 2. The number of rotatable bonds is 8. The second kappa shape index (κ2) is 13.1. The highest BCUT2D eigenvalue weighted by molar-refractivity contribution is 5.99. The van der Waals surface area contributed by atoms with Crippen molar-refractivity contribution in [3.8, 4) is 5.75 Å². The molecule has 4 unspecified atom stereocenters. The van der Waals surface area contributed by atoms with Crippen molar-refractivity contribution in [1.29, 1.82) is 0 Å². The van der Waals surface area contributed by atoms with Crippen LogP contribution in [0.1, 0.15) is 99.2 Å². The second-order valence-corrected chi connectivity index (χ2v) is 16.6. The molecule has 10 nitrogen and oxygen atoms in total. The van der Waals surface area contributed by atoms with Crippen molar-refractivity contribution in [3.05, 3.63) is 41.2 Å².